The fourth-order valence-electron chi connectivity index (χ4n) is 2.80. The van der Waals surface area contributed by atoms with Crippen LogP contribution in [0.4, 0.5) is 0 Å². The van der Waals surface area contributed by atoms with E-state index in [2.05, 4.69) is 59.5 Å². The van der Waals surface area contributed by atoms with Crippen LogP contribution in [-0.4, -0.2) is 18.5 Å². The van der Waals surface area contributed by atoms with Crippen molar-refractivity contribution in [1.82, 2.24) is 10.6 Å². The predicted octanol–water partition coefficient (Wildman–Crippen LogP) is 4.55. The summed E-state index contributed by atoms with van der Waals surface area (Å²) in [4.78, 5) is 14.1. The molecule has 2 N–H and O–H groups in total. The number of thiophene rings is 1. The number of carbonyl (C=O) groups excluding carboxylic acids is 1. The third kappa shape index (κ3) is 5.66. The summed E-state index contributed by atoms with van der Waals surface area (Å²) >= 11 is 5.11. The average Bonchev–Trinajstić information content (AvgIpc) is 3.02. The number of rotatable bonds is 8. The predicted molar refractivity (Wildman–Crippen MR) is 110 cm³/mol. The molecule has 1 aromatic heterocycles. The van der Waals surface area contributed by atoms with Gasteiger partial charge in [0, 0.05) is 9.35 Å². The number of nitriles is 1. The molecule has 0 spiro atoms. The van der Waals surface area contributed by atoms with E-state index in [1.165, 1.54) is 0 Å². The van der Waals surface area contributed by atoms with Gasteiger partial charge < -0.3 is 5.32 Å². The van der Waals surface area contributed by atoms with Crippen molar-refractivity contribution < 1.29 is 4.79 Å². The van der Waals surface area contributed by atoms with Crippen molar-refractivity contribution in [2.45, 2.75) is 39.3 Å². The second-order valence-corrected chi connectivity index (χ2v) is 8.55. The number of aryl methyl sites for hydroxylation is 1. The van der Waals surface area contributed by atoms with Crippen molar-refractivity contribution in [2.75, 3.05) is 6.54 Å². The Morgan fingerprint density at radius 3 is 2.50 bits per heavy atom. The van der Waals surface area contributed by atoms with Gasteiger partial charge >= 0.3 is 0 Å². The van der Waals surface area contributed by atoms with Gasteiger partial charge in [0.1, 0.15) is 0 Å². The molecular weight excluding hydrogens is 410 g/mol. The van der Waals surface area contributed by atoms with Crippen LogP contribution in [0.2, 0.25) is 0 Å². The van der Waals surface area contributed by atoms with Crippen molar-refractivity contribution in [3.63, 3.8) is 0 Å². The van der Waals surface area contributed by atoms with Crippen LogP contribution in [0.1, 0.15) is 42.3 Å². The highest BCUT2D eigenvalue weighted by atomic mass is 79.9. The number of hydrogen-bond donors (Lipinski definition) is 2. The van der Waals surface area contributed by atoms with Crippen molar-refractivity contribution in [2.24, 2.45) is 5.92 Å². The largest absolute Gasteiger partial charge is 0.343 e. The zero-order valence-corrected chi connectivity index (χ0v) is 17.7. The SMILES string of the molecule is Cc1ccsc1[C@@H](NC(=O)[C@H](CC(C)C)NCC#N)c1ccc(Br)cc1. The molecule has 0 unspecified atom stereocenters. The smallest absolute Gasteiger partial charge is 0.237 e. The summed E-state index contributed by atoms with van der Waals surface area (Å²) in [5.41, 5.74) is 2.20. The zero-order valence-electron chi connectivity index (χ0n) is 15.3. The van der Waals surface area contributed by atoms with Crippen molar-refractivity contribution in [1.29, 1.82) is 5.26 Å². The summed E-state index contributed by atoms with van der Waals surface area (Å²) in [5, 5.41) is 17.1. The molecular formula is C20H24BrN3OS. The van der Waals surface area contributed by atoms with Crippen LogP contribution in [0.25, 0.3) is 0 Å². The number of amides is 1. The number of carbonyl (C=O) groups is 1. The molecule has 0 saturated carbocycles. The first kappa shape index (κ1) is 20.6. The Morgan fingerprint density at radius 1 is 1.27 bits per heavy atom. The molecule has 1 heterocycles. The minimum atomic E-state index is -0.382. The van der Waals surface area contributed by atoms with Crippen molar-refractivity contribution in [3.05, 3.63) is 56.2 Å². The van der Waals surface area contributed by atoms with E-state index in [1.807, 2.05) is 29.6 Å². The van der Waals surface area contributed by atoms with Gasteiger partial charge in [-0.3, -0.25) is 10.1 Å². The van der Waals surface area contributed by atoms with Crippen molar-refractivity contribution >= 4 is 33.2 Å². The molecule has 0 fully saturated rings. The zero-order chi connectivity index (χ0) is 19.1. The molecule has 138 valence electrons. The van der Waals surface area contributed by atoms with Crippen LogP contribution in [0.15, 0.2) is 40.2 Å². The lowest BCUT2D eigenvalue weighted by atomic mass is 10.00. The molecule has 0 bridgehead atoms. The van der Waals surface area contributed by atoms with Gasteiger partial charge in [-0.1, -0.05) is 41.9 Å². The molecule has 0 aliphatic rings. The van der Waals surface area contributed by atoms with Gasteiger partial charge in [0.05, 0.1) is 24.7 Å². The molecule has 26 heavy (non-hydrogen) atoms. The molecule has 2 rings (SSSR count). The maximum Gasteiger partial charge on any atom is 0.237 e. The first-order chi connectivity index (χ1) is 12.4. The Morgan fingerprint density at radius 2 is 1.96 bits per heavy atom. The number of hydrogen-bond acceptors (Lipinski definition) is 4. The van der Waals surface area contributed by atoms with Gasteiger partial charge in [-0.2, -0.15) is 5.26 Å². The molecule has 6 heteroatoms. The van der Waals surface area contributed by atoms with Gasteiger partial charge in [-0.05, 0) is 54.0 Å². The Balaban J connectivity index is 2.27. The quantitative estimate of drug-likeness (QED) is 0.599. The molecule has 2 aromatic rings. The first-order valence-corrected chi connectivity index (χ1v) is 10.3. The summed E-state index contributed by atoms with van der Waals surface area (Å²) in [5.74, 6) is 0.279. The molecule has 1 aromatic carbocycles. The number of nitrogens with zero attached hydrogens (tertiary/aromatic N) is 1. The monoisotopic (exact) mass is 433 g/mol. The van der Waals surface area contributed by atoms with E-state index in [0.29, 0.717) is 12.3 Å². The van der Waals surface area contributed by atoms with Gasteiger partial charge in [-0.25, -0.2) is 0 Å². The average molecular weight is 434 g/mol. The van der Waals surface area contributed by atoms with Crippen LogP contribution in [0, 0.1) is 24.2 Å². The Hall–Kier alpha value is -1.68. The van der Waals surface area contributed by atoms with E-state index in [1.54, 1.807) is 11.3 Å². The van der Waals surface area contributed by atoms with Gasteiger partial charge in [-0.15, -0.1) is 11.3 Å². The van der Waals surface area contributed by atoms with Crippen LogP contribution in [0.5, 0.6) is 0 Å². The third-order valence-electron chi connectivity index (χ3n) is 4.10. The fourth-order valence-corrected chi connectivity index (χ4v) is 4.07. The van der Waals surface area contributed by atoms with Gasteiger partial charge in [0.25, 0.3) is 0 Å². The normalized spacial score (nSPS) is 13.2. The number of halogens is 1. The molecule has 0 saturated heterocycles. The standard InChI is InChI=1S/C20H24BrN3OS/c1-13(2)12-17(23-10-9-22)20(25)24-18(19-14(3)8-11-26-19)15-4-6-16(21)7-5-15/h4-8,11,13,17-18,23H,10,12H2,1-3H3,(H,24,25)/t17-,18-/m0/s1. The maximum absolute atomic E-state index is 13.0. The minimum absolute atomic E-state index is 0.0744. The van der Waals surface area contributed by atoms with E-state index in [4.69, 9.17) is 5.26 Å². The lowest BCUT2D eigenvalue weighted by Gasteiger charge is -2.24. The second kappa shape index (κ2) is 9.86. The Bertz CT molecular complexity index is 764. The van der Waals surface area contributed by atoms with Crippen LogP contribution in [0.3, 0.4) is 0 Å². The third-order valence-corrected chi connectivity index (χ3v) is 5.72. The molecule has 0 aliphatic carbocycles. The van der Waals surface area contributed by atoms with Crippen LogP contribution < -0.4 is 10.6 Å². The van der Waals surface area contributed by atoms with E-state index in [-0.39, 0.29) is 24.5 Å². The summed E-state index contributed by atoms with van der Waals surface area (Å²) in [6.07, 6.45) is 0.685. The summed E-state index contributed by atoms with van der Waals surface area (Å²) < 4.78 is 1.00. The molecule has 0 radical (unpaired) electrons. The van der Waals surface area contributed by atoms with E-state index >= 15 is 0 Å². The summed E-state index contributed by atoms with van der Waals surface area (Å²) in [7, 11) is 0. The molecule has 2 atom stereocenters. The number of benzene rings is 1. The van der Waals surface area contributed by atoms with Crippen LogP contribution >= 0.6 is 27.3 Å². The topological polar surface area (TPSA) is 64.9 Å². The molecule has 4 nitrogen and oxygen atoms in total. The first-order valence-electron chi connectivity index (χ1n) is 8.62. The Kier molecular flexibility index (Phi) is 7.83. The highest BCUT2D eigenvalue weighted by Gasteiger charge is 2.25. The highest BCUT2D eigenvalue weighted by Crippen LogP contribution is 2.30. The van der Waals surface area contributed by atoms with Crippen LogP contribution in [-0.2, 0) is 4.79 Å². The summed E-state index contributed by atoms with van der Waals surface area (Å²) in [6.45, 7) is 6.36. The maximum atomic E-state index is 13.0. The summed E-state index contributed by atoms with van der Waals surface area (Å²) in [6, 6.07) is 11.6. The van der Waals surface area contributed by atoms with E-state index in [0.717, 1.165) is 20.5 Å². The van der Waals surface area contributed by atoms with E-state index < -0.39 is 0 Å². The van der Waals surface area contributed by atoms with E-state index in [9.17, 15) is 4.79 Å². The van der Waals surface area contributed by atoms with Gasteiger partial charge in [0.2, 0.25) is 5.91 Å². The lowest BCUT2D eigenvalue weighted by Crippen LogP contribution is -2.46. The highest BCUT2D eigenvalue weighted by molar-refractivity contribution is 9.10. The fraction of sp³-hybridized carbons (Fsp3) is 0.400. The molecule has 1 amide bonds. The van der Waals surface area contributed by atoms with Crippen molar-refractivity contribution in [3.8, 4) is 6.07 Å². The lowest BCUT2D eigenvalue weighted by molar-refractivity contribution is -0.124. The van der Waals surface area contributed by atoms with Gasteiger partial charge in [0.15, 0.2) is 0 Å². The minimum Gasteiger partial charge on any atom is -0.343 e. The Labute approximate surface area is 167 Å². The molecule has 0 aliphatic heterocycles. The number of nitrogens with one attached hydrogen (secondary N) is 2. The second-order valence-electron chi connectivity index (χ2n) is 6.68.